The van der Waals surface area contributed by atoms with Crippen LogP contribution in [0.15, 0.2) is 0 Å². The first-order chi connectivity index (χ1) is 24.7. The summed E-state index contributed by atoms with van der Waals surface area (Å²) in [6.45, 7) is 15.0. The van der Waals surface area contributed by atoms with Crippen LogP contribution in [0.2, 0.25) is 0 Å². The molecule has 0 saturated carbocycles. The molecule has 0 aromatic rings. The zero-order chi connectivity index (χ0) is 36.4. The maximum atomic E-state index is 12.0. The summed E-state index contributed by atoms with van der Waals surface area (Å²) in [7, 11) is 0. The van der Waals surface area contributed by atoms with Crippen LogP contribution >= 0.6 is 0 Å². The Balaban J connectivity index is 3.89. The number of ether oxygens (including phenoxy) is 3. The van der Waals surface area contributed by atoms with Crippen LogP contribution in [0.3, 0.4) is 0 Å². The summed E-state index contributed by atoms with van der Waals surface area (Å²) in [4.78, 5) is 14.6. The van der Waals surface area contributed by atoms with E-state index < -0.39 is 0 Å². The molecular formula is C45H91NO4. The van der Waals surface area contributed by atoms with Crippen molar-refractivity contribution < 1.29 is 19.0 Å². The molecule has 0 heterocycles. The van der Waals surface area contributed by atoms with Crippen molar-refractivity contribution in [3.63, 3.8) is 0 Å². The number of hydrogen-bond donors (Lipinski definition) is 0. The van der Waals surface area contributed by atoms with Crippen molar-refractivity contribution in [2.24, 2.45) is 0 Å². The number of unbranched alkanes of at least 4 members (excludes halogenated alkanes) is 26. The van der Waals surface area contributed by atoms with E-state index in [9.17, 15) is 4.79 Å². The Hall–Kier alpha value is -0.650. The van der Waals surface area contributed by atoms with E-state index in [1.807, 2.05) is 0 Å². The van der Waals surface area contributed by atoms with E-state index in [0.29, 0.717) is 13.0 Å². The molecule has 50 heavy (non-hydrogen) atoms. The predicted molar refractivity (Wildman–Crippen MR) is 218 cm³/mol. The van der Waals surface area contributed by atoms with E-state index in [-0.39, 0.29) is 12.3 Å². The maximum Gasteiger partial charge on any atom is 0.305 e. The third-order valence-corrected chi connectivity index (χ3v) is 10.3. The van der Waals surface area contributed by atoms with Gasteiger partial charge in [-0.3, -0.25) is 4.79 Å². The lowest BCUT2D eigenvalue weighted by atomic mass is 10.1. The normalized spacial score (nSPS) is 11.7. The Bertz CT molecular complexity index is 625. The van der Waals surface area contributed by atoms with Crippen molar-refractivity contribution in [2.75, 3.05) is 39.5 Å². The fourth-order valence-corrected chi connectivity index (χ4v) is 6.82. The first kappa shape index (κ1) is 49.4. The molecule has 0 aliphatic rings. The minimum Gasteiger partial charge on any atom is -0.466 e. The Labute approximate surface area is 314 Å². The third kappa shape index (κ3) is 38.6. The standard InChI is InChI=1S/C45H91NO4/c1-5-9-12-15-18-27-34-41-48-44(47)37-30-23-21-25-32-39-46(8-4)40-33-26-22-24-31-38-45(49-42-35-28-19-16-13-10-6-2)50-43-36-29-20-17-14-11-7-3/h45H,5-43H2,1-4H3. The second kappa shape index (κ2) is 42.8. The van der Waals surface area contributed by atoms with Crippen LogP contribution in [0.1, 0.15) is 240 Å². The molecule has 0 atom stereocenters. The maximum absolute atomic E-state index is 12.0. The summed E-state index contributed by atoms with van der Waals surface area (Å²) in [5, 5.41) is 0. The summed E-state index contributed by atoms with van der Waals surface area (Å²) >= 11 is 0. The van der Waals surface area contributed by atoms with Gasteiger partial charge < -0.3 is 19.1 Å². The van der Waals surface area contributed by atoms with E-state index in [1.165, 1.54) is 193 Å². The van der Waals surface area contributed by atoms with E-state index in [2.05, 4.69) is 32.6 Å². The van der Waals surface area contributed by atoms with E-state index in [1.54, 1.807) is 0 Å². The zero-order valence-electron chi connectivity index (χ0n) is 34.7. The number of carbonyl (C=O) groups excluding carboxylic acids is 1. The van der Waals surface area contributed by atoms with E-state index >= 15 is 0 Å². The lowest BCUT2D eigenvalue weighted by molar-refractivity contribution is -0.148. The van der Waals surface area contributed by atoms with Gasteiger partial charge >= 0.3 is 5.97 Å². The second-order valence-electron chi connectivity index (χ2n) is 15.3. The van der Waals surface area contributed by atoms with Crippen molar-refractivity contribution in [1.82, 2.24) is 4.90 Å². The van der Waals surface area contributed by atoms with Gasteiger partial charge in [0.25, 0.3) is 0 Å². The molecule has 0 bridgehead atoms. The molecule has 0 radical (unpaired) electrons. The molecule has 0 aromatic carbocycles. The molecule has 0 saturated heterocycles. The fraction of sp³-hybridized carbons (Fsp3) is 0.978. The molecule has 0 fully saturated rings. The first-order valence-corrected chi connectivity index (χ1v) is 22.8. The van der Waals surface area contributed by atoms with Crippen molar-refractivity contribution in [2.45, 2.75) is 246 Å². The summed E-state index contributed by atoms with van der Waals surface area (Å²) in [6.07, 6.45) is 41.4. The van der Waals surface area contributed by atoms with Crippen LogP contribution in [-0.2, 0) is 19.0 Å². The van der Waals surface area contributed by atoms with Gasteiger partial charge in [-0.1, -0.05) is 182 Å². The molecule has 0 N–H and O–H groups in total. The molecular weight excluding hydrogens is 618 g/mol. The lowest BCUT2D eigenvalue weighted by Gasteiger charge is -2.20. The van der Waals surface area contributed by atoms with Gasteiger partial charge in [-0.05, 0) is 71.0 Å². The summed E-state index contributed by atoms with van der Waals surface area (Å²) in [5.41, 5.74) is 0. The summed E-state index contributed by atoms with van der Waals surface area (Å²) in [6, 6.07) is 0. The Kier molecular flexibility index (Phi) is 42.2. The third-order valence-electron chi connectivity index (χ3n) is 10.3. The topological polar surface area (TPSA) is 48.0 Å². The fourth-order valence-electron chi connectivity index (χ4n) is 6.82. The summed E-state index contributed by atoms with van der Waals surface area (Å²) in [5.74, 6) is 0.00670. The van der Waals surface area contributed by atoms with Crippen LogP contribution in [0.5, 0.6) is 0 Å². The number of carbonyl (C=O) groups is 1. The number of nitrogens with zero attached hydrogens (tertiary/aromatic N) is 1. The quantitative estimate of drug-likeness (QED) is 0.0358. The first-order valence-electron chi connectivity index (χ1n) is 22.8. The van der Waals surface area contributed by atoms with Gasteiger partial charge in [0.15, 0.2) is 6.29 Å². The molecule has 5 nitrogen and oxygen atoms in total. The lowest BCUT2D eigenvalue weighted by Crippen LogP contribution is -2.25. The number of esters is 1. The zero-order valence-corrected chi connectivity index (χ0v) is 34.7. The average molecular weight is 710 g/mol. The molecule has 0 unspecified atom stereocenters. The van der Waals surface area contributed by atoms with Crippen molar-refractivity contribution in [3.05, 3.63) is 0 Å². The minimum absolute atomic E-state index is 0.000645. The molecule has 0 spiro atoms. The average Bonchev–Trinajstić information content (AvgIpc) is 3.12. The minimum atomic E-state index is -0.000645. The molecule has 0 amide bonds. The van der Waals surface area contributed by atoms with Gasteiger partial charge in [0.2, 0.25) is 0 Å². The van der Waals surface area contributed by atoms with Crippen LogP contribution < -0.4 is 0 Å². The number of rotatable bonds is 43. The smallest absolute Gasteiger partial charge is 0.305 e. The summed E-state index contributed by atoms with van der Waals surface area (Å²) < 4.78 is 18.0. The largest absolute Gasteiger partial charge is 0.466 e. The monoisotopic (exact) mass is 710 g/mol. The Morgan fingerprint density at radius 3 is 1.22 bits per heavy atom. The second-order valence-corrected chi connectivity index (χ2v) is 15.3. The molecule has 0 rings (SSSR count). The van der Waals surface area contributed by atoms with Gasteiger partial charge in [0.1, 0.15) is 0 Å². The highest BCUT2D eigenvalue weighted by atomic mass is 16.7. The van der Waals surface area contributed by atoms with E-state index in [0.717, 1.165) is 45.4 Å². The Morgan fingerprint density at radius 1 is 0.420 bits per heavy atom. The van der Waals surface area contributed by atoms with Crippen molar-refractivity contribution in [3.8, 4) is 0 Å². The van der Waals surface area contributed by atoms with Crippen molar-refractivity contribution in [1.29, 1.82) is 0 Å². The van der Waals surface area contributed by atoms with Gasteiger partial charge in [-0.15, -0.1) is 0 Å². The highest BCUT2D eigenvalue weighted by Crippen LogP contribution is 2.15. The van der Waals surface area contributed by atoms with Gasteiger partial charge in [0, 0.05) is 19.6 Å². The van der Waals surface area contributed by atoms with Crippen molar-refractivity contribution >= 4 is 5.97 Å². The molecule has 300 valence electrons. The highest BCUT2D eigenvalue weighted by molar-refractivity contribution is 5.69. The molecule has 0 aliphatic heterocycles. The predicted octanol–water partition coefficient (Wildman–Crippen LogP) is 14.1. The Morgan fingerprint density at radius 2 is 0.780 bits per heavy atom. The van der Waals surface area contributed by atoms with Crippen LogP contribution in [0.4, 0.5) is 0 Å². The SMILES string of the molecule is CCCCCCCCCOC(=O)CCCCCCCN(CC)CCCCCCCC(OCCCCCCCCC)OCCCCCCCCC. The molecule has 0 aromatic heterocycles. The van der Waals surface area contributed by atoms with Gasteiger partial charge in [0.05, 0.1) is 6.61 Å². The van der Waals surface area contributed by atoms with Gasteiger partial charge in [-0.2, -0.15) is 0 Å². The van der Waals surface area contributed by atoms with Crippen LogP contribution in [0.25, 0.3) is 0 Å². The highest BCUT2D eigenvalue weighted by Gasteiger charge is 2.10. The van der Waals surface area contributed by atoms with Gasteiger partial charge in [-0.25, -0.2) is 0 Å². The van der Waals surface area contributed by atoms with E-state index in [4.69, 9.17) is 14.2 Å². The molecule has 5 heteroatoms. The van der Waals surface area contributed by atoms with Crippen LogP contribution in [0, 0.1) is 0 Å². The van der Waals surface area contributed by atoms with Crippen LogP contribution in [-0.4, -0.2) is 56.6 Å². The number of hydrogen-bond acceptors (Lipinski definition) is 5. The molecule has 0 aliphatic carbocycles.